The number of carbonyl (C=O) groups is 1. The Bertz CT molecular complexity index is 697. The van der Waals surface area contributed by atoms with Gasteiger partial charge >= 0.3 is 0 Å². The van der Waals surface area contributed by atoms with Crippen LogP contribution in [0.25, 0.3) is 0 Å². The lowest BCUT2D eigenvalue weighted by molar-refractivity contribution is -0.00721. The lowest BCUT2D eigenvalue weighted by atomic mass is 9.81. The first-order valence-corrected chi connectivity index (χ1v) is 10.8. The van der Waals surface area contributed by atoms with E-state index in [1.165, 1.54) is 31.2 Å². The molecule has 0 bridgehead atoms. The van der Waals surface area contributed by atoms with Gasteiger partial charge in [0, 0.05) is 24.1 Å². The summed E-state index contributed by atoms with van der Waals surface area (Å²) in [6.07, 6.45) is 8.82. The number of primary amides is 1. The zero-order valence-electron chi connectivity index (χ0n) is 16.6. The van der Waals surface area contributed by atoms with E-state index < -0.39 is 5.60 Å². The van der Waals surface area contributed by atoms with E-state index in [4.69, 9.17) is 5.73 Å². The molecule has 3 N–H and O–H groups in total. The van der Waals surface area contributed by atoms with Crippen LogP contribution >= 0.6 is 0 Å². The monoisotopic (exact) mass is 370 g/mol. The van der Waals surface area contributed by atoms with Gasteiger partial charge in [0.25, 0.3) is 0 Å². The van der Waals surface area contributed by atoms with Crippen LogP contribution in [0.3, 0.4) is 0 Å². The van der Waals surface area contributed by atoms with E-state index in [2.05, 4.69) is 17.9 Å². The maximum absolute atomic E-state index is 11.6. The molecule has 1 heterocycles. The lowest BCUT2D eigenvalue weighted by Crippen LogP contribution is -2.34. The molecule has 1 aromatic rings. The highest BCUT2D eigenvalue weighted by atomic mass is 16.3. The van der Waals surface area contributed by atoms with Crippen LogP contribution < -0.4 is 5.73 Å². The van der Waals surface area contributed by atoms with Crippen molar-refractivity contribution < 1.29 is 9.90 Å². The van der Waals surface area contributed by atoms with E-state index in [0.29, 0.717) is 11.5 Å². The number of nitrogens with zero attached hydrogens (tertiary/aromatic N) is 1. The molecular formula is C23H34N2O2. The van der Waals surface area contributed by atoms with Gasteiger partial charge in [-0.2, -0.15) is 0 Å². The highest BCUT2D eigenvalue weighted by molar-refractivity contribution is 5.93. The van der Waals surface area contributed by atoms with Gasteiger partial charge in [-0.15, -0.1) is 0 Å². The van der Waals surface area contributed by atoms with Crippen LogP contribution in [0.15, 0.2) is 24.3 Å². The number of likely N-dealkylation sites (tertiary alicyclic amines) is 1. The second kappa shape index (κ2) is 7.21. The molecule has 2 aliphatic carbocycles. The van der Waals surface area contributed by atoms with E-state index in [1.54, 1.807) is 0 Å². The summed E-state index contributed by atoms with van der Waals surface area (Å²) in [7, 11) is 0. The predicted molar refractivity (Wildman–Crippen MR) is 108 cm³/mol. The molecular weight excluding hydrogens is 336 g/mol. The summed E-state index contributed by atoms with van der Waals surface area (Å²) in [4.78, 5) is 14.2. The van der Waals surface area contributed by atoms with Crippen molar-refractivity contribution in [2.45, 2.75) is 69.3 Å². The molecule has 2 saturated carbocycles. The van der Waals surface area contributed by atoms with Gasteiger partial charge in [-0.1, -0.05) is 44.7 Å². The summed E-state index contributed by atoms with van der Waals surface area (Å²) in [5.74, 6) is 1.08. The number of amides is 1. The minimum absolute atomic E-state index is 0.210. The fraction of sp³-hybridized carbons (Fsp3) is 0.696. The van der Waals surface area contributed by atoms with E-state index in [-0.39, 0.29) is 11.3 Å². The molecule has 1 amide bonds. The van der Waals surface area contributed by atoms with E-state index in [9.17, 15) is 9.90 Å². The zero-order valence-corrected chi connectivity index (χ0v) is 16.6. The summed E-state index contributed by atoms with van der Waals surface area (Å²) in [5, 5.41) is 10.7. The second-order valence-electron chi connectivity index (χ2n) is 9.23. The van der Waals surface area contributed by atoms with Gasteiger partial charge in [-0.3, -0.25) is 4.79 Å². The van der Waals surface area contributed by atoms with E-state index >= 15 is 0 Å². The Hall–Kier alpha value is -1.39. The molecule has 3 atom stereocenters. The molecule has 4 nitrogen and oxygen atoms in total. The Kier molecular flexibility index (Phi) is 5.06. The molecule has 1 aromatic carbocycles. The maximum atomic E-state index is 11.6. The Morgan fingerprint density at radius 1 is 1.30 bits per heavy atom. The lowest BCUT2D eigenvalue weighted by Gasteiger charge is -2.33. The number of aliphatic hydroxyl groups is 1. The Labute approximate surface area is 163 Å². The van der Waals surface area contributed by atoms with Crippen LogP contribution in [0.4, 0.5) is 0 Å². The number of benzene rings is 1. The standard InChI is InChI=1S/C23H34N2O2/c1-2-19-20-15-25(13-7-12-22(27)10-4-3-5-11-22)16-23(19,20)18-9-6-8-17(14-18)21(24)26/h6,8-9,14,19-20,27H,2-5,7,10-13,15-16H2,1H3,(H2,24,26). The van der Waals surface area contributed by atoms with Gasteiger partial charge < -0.3 is 15.7 Å². The van der Waals surface area contributed by atoms with Crippen molar-refractivity contribution in [1.29, 1.82) is 0 Å². The second-order valence-corrected chi connectivity index (χ2v) is 9.23. The quantitative estimate of drug-likeness (QED) is 0.772. The van der Waals surface area contributed by atoms with Gasteiger partial charge in [0.05, 0.1) is 5.60 Å². The number of hydrogen-bond acceptors (Lipinski definition) is 3. The molecule has 3 aliphatic rings. The van der Waals surface area contributed by atoms with Crippen molar-refractivity contribution in [1.82, 2.24) is 4.90 Å². The SMILES string of the molecule is CCC1C2CN(CCCC3(O)CCCCC3)CC12c1cccc(C(N)=O)c1. The summed E-state index contributed by atoms with van der Waals surface area (Å²) in [5.41, 5.74) is 7.24. The highest BCUT2D eigenvalue weighted by Crippen LogP contribution is 2.65. The smallest absolute Gasteiger partial charge is 0.248 e. The number of carbonyl (C=O) groups excluding carboxylic acids is 1. The maximum Gasteiger partial charge on any atom is 0.248 e. The van der Waals surface area contributed by atoms with E-state index in [1.807, 2.05) is 18.2 Å². The molecule has 148 valence electrons. The summed E-state index contributed by atoms with van der Waals surface area (Å²) in [6, 6.07) is 8.01. The number of hydrogen-bond donors (Lipinski definition) is 2. The third-order valence-corrected chi connectivity index (χ3v) is 7.67. The number of piperidine rings is 1. The minimum atomic E-state index is -0.402. The van der Waals surface area contributed by atoms with Crippen molar-refractivity contribution in [3.63, 3.8) is 0 Å². The molecule has 27 heavy (non-hydrogen) atoms. The van der Waals surface area contributed by atoms with E-state index in [0.717, 1.165) is 51.2 Å². The van der Waals surface area contributed by atoms with Gasteiger partial charge in [0.15, 0.2) is 0 Å². The molecule has 0 radical (unpaired) electrons. The van der Waals surface area contributed by atoms with Gasteiger partial charge in [-0.05, 0) is 61.8 Å². The van der Waals surface area contributed by atoms with Crippen molar-refractivity contribution in [3.05, 3.63) is 35.4 Å². The van der Waals surface area contributed by atoms with Crippen molar-refractivity contribution in [2.24, 2.45) is 17.6 Å². The number of nitrogens with two attached hydrogens (primary N) is 1. The van der Waals surface area contributed by atoms with Crippen LogP contribution in [0.5, 0.6) is 0 Å². The third-order valence-electron chi connectivity index (χ3n) is 7.67. The third kappa shape index (κ3) is 3.42. The average Bonchev–Trinajstić information content (AvgIpc) is 3.11. The molecule has 0 spiro atoms. The highest BCUT2D eigenvalue weighted by Gasteiger charge is 2.68. The summed E-state index contributed by atoms with van der Waals surface area (Å²) in [6.45, 7) is 5.59. The fourth-order valence-corrected chi connectivity index (χ4v) is 6.23. The van der Waals surface area contributed by atoms with Crippen LogP contribution in [0.1, 0.15) is 74.2 Å². The topological polar surface area (TPSA) is 66.6 Å². The number of fused-ring (bicyclic) bond motifs is 1. The van der Waals surface area contributed by atoms with Crippen molar-refractivity contribution >= 4 is 5.91 Å². The summed E-state index contributed by atoms with van der Waals surface area (Å²) < 4.78 is 0. The molecule has 3 unspecified atom stereocenters. The van der Waals surface area contributed by atoms with Gasteiger partial charge in [0.2, 0.25) is 5.91 Å². The predicted octanol–water partition coefficient (Wildman–Crippen LogP) is 3.47. The van der Waals surface area contributed by atoms with Crippen LogP contribution in [-0.2, 0) is 5.41 Å². The molecule has 4 rings (SSSR count). The van der Waals surface area contributed by atoms with Crippen molar-refractivity contribution in [2.75, 3.05) is 19.6 Å². The zero-order chi connectivity index (χ0) is 19.1. The Balaban J connectivity index is 1.39. The molecule has 4 heteroatoms. The summed E-state index contributed by atoms with van der Waals surface area (Å²) >= 11 is 0. The van der Waals surface area contributed by atoms with Crippen LogP contribution in [-0.4, -0.2) is 41.1 Å². The normalized spacial score (nSPS) is 32.2. The fourth-order valence-electron chi connectivity index (χ4n) is 6.23. The number of rotatable bonds is 7. The molecule has 1 saturated heterocycles. The molecule has 0 aromatic heterocycles. The first-order chi connectivity index (χ1) is 13.0. The molecule has 3 fully saturated rings. The largest absolute Gasteiger partial charge is 0.390 e. The first kappa shape index (κ1) is 18.9. The molecule has 1 aliphatic heterocycles. The Morgan fingerprint density at radius 3 is 2.78 bits per heavy atom. The van der Waals surface area contributed by atoms with Gasteiger partial charge in [0.1, 0.15) is 0 Å². The Morgan fingerprint density at radius 2 is 2.07 bits per heavy atom. The van der Waals surface area contributed by atoms with Gasteiger partial charge in [-0.25, -0.2) is 0 Å². The first-order valence-electron chi connectivity index (χ1n) is 10.8. The van der Waals surface area contributed by atoms with Crippen molar-refractivity contribution in [3.8, 4) is 0 Å². The van der Waals surface area contributed by atoms with Crippen LogP contribution in [0, 0.1) is 11.8 Å². The van der Waals surface area contributed by atoms with Crippen LogP contribution in [0.2, 0.25) is 0 Å². The minimum Gasteiger partial charge on any atom is -0.390 e. The average molecular weight is 371 g/mol.